The minimum Gasteiger partial charge on any atom is -0.340 e. The van der Waals surface area contributed by atoms with Crippen molar-refractivity contribution in [2.45, 2.75) is 18.4 Å². The predicted molar refractivity (Wildman–Crippen MR) is 145 cm³/mol. The van der Waals surface area contributed by atoms with E-state index in [-0.39, 0.29) is 10.7 Å². The molecule has 2 aromatic carbocycles. The number of pyridine rings is 1. The normalized spacial score (nSPS) is 12.2. The Morgan fingerprint density at radius 3 is 2.56 bits per heavy atom. The zero-order valence-corrected chi connectivity index (χ0v) is 20.9. The number of hydrogen-bond donors (Lipinski definition) is 2. The van der Waals surface area contributed by atoms with Gasteiger partial charge in [0.1, 0.15) is 5.82 Å². The minimum atomic E-state index is -0.162. The summed E-state index contributed by atoms with van der Waals surface area (Å²) >= 11 is 3.57. The molecule has 0 amide bonds. The van der Waals surface area contributed by atoms with Crippen LogP contribution in [0.1, 0.15) is 12.5 Å². The zero-order chi connectivity index (χ0) is 23.3. The van der Waals surface area contributed by atoms with Gasteiger partial charge in [0, 0.05) is 41.2 Å². The Labute approximate surface area is 209 Å². The third kappa shape index (κ3) is 4.94. The molecular weight excluding hydrogens is 508 g/mol. The average Bonchev–Trinajstić information content (AvgIpc) is 3.27. The first-order valence-corrected chi connectivity index (χ1v) is 12.9. The first-order valence-electron chi connectivity index (χ1n) is 10.8. The first-order chi connectivity index (χ1) is 16.7. The van der Waals surface area contributed by atoms with Gasteiger partial charge in [0.25, 0.3) is 0 Å². The number of nitrogens with one attached hydrogen (secondary N) is 2. The van der Waals surface area contributed by atoms with Crippen LogP contribution in [0.4, 0.5) is 11.5 Å². The Morgan fingerprint density at radius 2 is 1.82 bits per heavy atom. The van der Waals surface area contributed by atoms with Crippen molar-refractivity contribution in [3.63, 3.8) is 0 Å². The third-order valence-corrected chi connectivity index (χ3v) is 7.54. The predicted octanol–water partition coefficient (Wildman–Crippen LogP) is 6.45. The molecular formula is C26H23BrN6S. The van der Waals surface area contributed by atoms with Crippen molar-refractivity contribution in [1.82, 2.24) is 24.3 Å². The Hall–Kier alpha value is -3.33. The van der Waals surface area contributed by atoms with E-state index in [2.05, 4.69) is 90.8 Å². The van der Waals surface area contributed by atoms with Gasteiger partial charge in [-0.05, 0) is 64.1 Å². The lowest BCUT2D eigenvalue weighted by molar-refractivity contribution is 0.948. The van der Waals surface area contributed by atoms with E-state index in [9.17, 15) is 0 Å². The molecule has 0 saturated heterocycles. The molecule has 3 heterocycles. The number of aromatic nitrogens is 4. The van der Waals surface area contributed by atoms with Crippen LogP contribution < -0.4 is 10.0 Å². The summed E-state index contributed by atoms with van der Waals surface area (Å²) in [6, 6.07) is 24.7. The van der Waals surface area contributed by atoms with Crippen LogP contribution in [0.3, 0.4) is 0 Å². The second kappa shape index (κ2) is 10.3. The lowest BCUT2D eigenvalue weighted by Gasteiger charge is -2.14. The van der Waals surface area contributed by atoms with Gasteiger partial charge >= 0.3 is 0 Å². The number of anilines is 2. The summed E-state index contributed by atoms with van der Waals surface area (Å²) in [5.74, 6) is 0.845. The fourth-order valence-corrected chi connectivity index (χ4v) is 5.29. The Morgan fingerprint density at radius 1 is 1.00 bits per heavy atom. The molecule has 1 atom stereocenters. The lowest BCUT2D eigenvalue weighted by atomic mass is 10.1. The fraction of sp³-hybridized carbons (Fsp3) is 0.0769. The summed E-state index contributed by atoms with van der Waals surface area (Å²) < 4.78 is 6.27. The van der Waals surface area contributed by atoms with Crippen LogP contribution in [0, 0.1) is 0 Å². The van der Waals surface area contributed by atoms with Gasteiger partial charge in [0.15, 0.2) is 5.65 Å². The van der Waals surface area contributed by atoms with E-state index in [0.717, 1.165) is 39.4 Å². The maximum Gasteiger partial charge on any atom is 0.172 e. The van der Waals surface area contributed by atoms with E-state index in [0.29, 0.717) is 0 Å². The van der Waals surface area contributed by atoms with E-state index in [1.807, 2.05) is 41.0 Å². The Bertz CT molecular complexity index is 1430. The Balaban J connectivity index is 1.39. The van der Waals surface area contributed by atoms with E-state index < -0.39 is 0 Å². The molecule has 1 unspecified atom stereocenters. The van der Waals surface area contributed by atoms with Gasteiger partial charge in [0.05, 0.1) is 16.4 Å². The molecule has 3 aromatic heterocycles. The molecule has 5 aromatic rings. The summed E-state index contributed by atoms with van der Waals surface area (Å²) in [7, 11) is -0.162. The molecule has 0 spiro atoms. The summed E-state index contributed by atoms with van der Waals surface area (Å²) in [4.78, 5) is 10.2. The molecule has 170 valence electrons. The van der Waals surface area contributed by atoms with Crippen molar-refractivity contribution in [3.05, 3.63) is 101 Å². The van der Waals surface area contributed by atoms with Crippen molar-refractivity contribution in [3.8, 4) is 11.3 Å². The highest BCUT2D eigenvalue weighted by molar-refractivity contribution is 9.10. The number of hydrogen-bond acceptors (Lipinski definition) is 5. The van der Waals surface area contributed by atoms with Gasteiger partial charge in [-0.15, -0.1) is 0 Å². The highest BCUT2D eigenvalue weighted by Crippen LogP contribution is 2.29. The SMILES string of the molecule is C/C=S(/NCc1cccnc1)c1ccc(Nc2cc(-c3ccccc3)nc3c(Br)cnn23)cc1. The molecule has 8 heteroatoms. The molecule has 0 aliphatic carbocycles. The molecule has 0 bridgehead atoms. The number of fused-ring (bicyclic) bond motifs is 1. The third-order valence-electron chi connectivity index (χ3n) is 5.27. The molecule has 0 aliphatic heterocycles. The van der Waals surface area contributed by atoms with Crippen molar-refractivity contribution in [2.24, 2.45) is 0 Å². The molecule has 0 radical (unpaired) electrons. The topological polar surface area (TPSA) is 67.1 Å². The summed E-state index contributed by atoms with van der Waals surface area (Å²) in [5.41, 5.74) is 4.85. The van der Waals surface area contributed by atoms with E-state index in [1.165, 1.54) is 10.5 Å². The summed E-state index contributed by atoms with van der Waals surface area (Å²) in [6.45, 7) is 2.85. The quantitative estimate of drug-likeness (QED) is 0.236. The van der Waals surface area contributed by atoms with Gasteiger partial charge in [-0.1, -0.05) is 47.1 Å². The molecule has 6 nitrogen and oxygen atoms in total. The molecule has 2 N–H and O–H groups in total. The van der Waals surface area contributed by atoms with Crippen molar-refractivity contribution < 1.29 is 0 Å². The van der Waals surface area contributed by atoms with Crippen LogP contribution in [-0.2, 0) is 6.54 Å². The highest BCUT2D eigenvalue weighted by atomic mass is 79.9. The summed E-state index contributed by atoms with van der Waals surface area (Å²) in [6.07, 6.45) is 5.45. The molecule has 34 heavy (non-hydrogen) atoms. The van der Waals surface area contributed by atoms with E-state index >= 15 is 0 Å². The van der Waals surface area contributed by atoms with Crippen molar-refractivity contribution in [2.75, 3.05) is 5.32 Å². The van der Waals surface area contributed by atoms with Crippen molar-refractivity contribution in [1.29, 1.82) is 0 Å². The van der Waals surface area contributed by atoms with Gasteiger partial charge < -0.3 is 5.32 Å². The van der Waals surface area contributed by atoms with Gasteiger partial charge in [0.2, 0.25) is 0 Å². The van der Waals surface area contributed by atoms with Crippen LogP contribution >= 0.6 is 26.6 Å². The number of halogens is 1. The smallest absolute Gasteiger partial charge is 0.172 e. The standard InChI is InChI=1S/C26H23BrN6S/c1-2-34(30-17-19-7-6-14-28-16-19)22-12-10-21(11-13-22)31-25-15-24(20-8-4-3-5-9-20)32-26-23(27)18-29-33(25)26/h2-16,18,30-31H,17H2,1H3. The maximum absolute atomic E-state index is 4.80. The van der Waals surface area contributed by atoms with Crippen molar-refractivity contribution >= 4 is 49.1 Å². The van der Waals surface area contributed by atoms with Gasteiger partial charge in [-0.25, -0.2) is 4.98 Å². The molecule has 0 fully saturated rings. The first kappa shape index (κ1) is 22.5. The van der Waals surface area contributed by atoms with Gasteiger partial charge in [-0.3, -0.25) is 9.71 Å². The van der Waals surface area contributed by atoms with Gasteiger partial charge in [-0.2, -0.15) is 9.61 Å². The van der Waals surface area contributed by atoms with Crippen LogP contribution in [-0.4, -0.2) is 24.9 Å². The number of nitrogens with zero attached hydrogens (tertiary/aromatic N) is 4. The van der Waals surface area contributed by atoms with E-state index in [1.54, 1.807) is 12.4 Å². The van der Waals surface area contributed by atoms with Crippen LogP contribution in [0.2, 0.25) is 0 Å². The Kier molecular flexibility index (Phi) is 6.80. The average molecular weight is 531 g/mol. The zero-order valence-electron chi connectivity index (χ0n) is 18.5. The summed E-state index contributed by atoms with van der Waals surface area (Å²) in [5, 5.41) is 10.2. The lowest BCUT2D eigenvalue weighted by Crippen LogP contribution is -2.07. The second-order valence-corrected chi connectivity index (χ2v) is 10.3. The van der Waals surface area contributed by atoms with Crippen LogP contribution in [0.25, 0.3) is 16.9 Å². The largest absolute Gasteiger partial charge is 0.340 e. The molecule has 0 saturated carbocycles. The molecule has 5 rings (SSSR count). The monoisotopic (exact) mass is 530 g/mol. The number of benzene rings is 2. The van der Waals surface area contributed by atoms with Crippen LogP contribution in [0.5, 0.6) is 0 Å². The second-order valence-electron chi connectivity index (χ2n) is 7.53. The maximum atomic E-state index is 4.80. The molecule has 0 aliphatic rings. The minimum absolute atomic E-state index is 0.162. The fourth-order valence-electron chi connectivity index (χ4n) is 3.58. The highest BCUT2D eigenvalue weighted by Gasteiger charge is 2.12. The number of rotatable bonds is 7. The van der Waals surface area contributed by atoms with Crippen LogP contribution in [0.15, 0.2) is 101 Å². The van der Waals surface area contributed by atoms with E-state index in [4.69, 9.17) is 4.98 Å².